The van der Waals surface area contributed by atoms with Gasteiger partial charge in [-0.2, -0.15) is 0 Å². The summed E-state index contributed by atoms with van der Waals surface area (Å²) >= 11 is 0. The number of aromatic nitrogens is 2. The highest BCUT2D eigenvalue weighted by Gasteiger charge is 2.51. The van der Waals surface area contributed by atoms with Gasteiger partial charge in [0.25, 0.3) is 11.5 Å². The van der Waals surface area contributed by atoms with E-state index in [0.29, 0.717) is 11.1 Å². The van der Waals surface area contributed by atoms with Gasteiger partial charge in [-0.15, -0.1) is 0 Å². The SMILES string of the molecule is COc1c(F)c(C2NCC3C2C=CCC(F)(F)C3O)c(C)c2c1c(=O)[nH]c(=O)n2C1CC1. The summed E-state index contributed by atoms with van der Waals surface area (Å²) in [5, 5.41) is 13.4. The minimum Gasteiger partial charge on any atom is -0.493 e. The summed E-state index contributed by atoms with van der Waals surface area (Å²) in [4.78, 5) is 27.5. The molecule has 2 heterocycles. The molecular weight excluding hydrogens is 427 g/mol. The number of alkyl halides is 2. The van der Waals surface area contributed by atoms with E-state index in [1.165, 1.54) is 17.8 Å². The second-order valence-electron chi connectivity index (χ2n) is 8.94. The molecule has 0 radical (unpaired) electrons. The monoisotopic (exact) mass is 451 g/mol. The predicted octanol–water partition coefficient (Wildman–Crippen LogP) is 2.31. The van der Waals surface area contributed by atoms with Gasteiger partial charge in [-0.25, -0.2) is 18.0 Å². The molecule has 4 unspecified atom stereocenters. The largest absolute Gasteiger partial charge is 0.493 e. The first-order valence-electron chi connectivity index (χ1n) is 10.7. The number of methoxy groups -OCH3 is 1. The number of hydrogen-bond donors (Lipinski definition) is 3. The first kappa shape index (κ1) is 21.3. The Morgan fingerprint density at radius 1 is 1.28 bits per heavy atom. The van der Waals surface area contributed by atoms with Gasteiger partial charge < -0.3 is 15.2 Å². The summed E-state index contributed by atoms with van der Waals surface area (Å²) in [5.41, 5.74) is -0.486. The van der Waals surface area contributed by atoms with Crippen LogP contribution >= 0.6 is 0 Å². The lowest BCUT2D eigenvalue weighted by atomic mass is 9.81. The zero-order valence-electron chi connectivity index (χ0n) is 17.6. The lowest BCUT2D eigenvalue weighted by molar-refractivity contribution is -0.127. The third-order valence-corrected chi connectivity index (χ3v) is 7.03. The maximum atomic E-state index is 15.8. The molecule has 3 aliphatic rings. The summed E-state index contributed by atoms with van der Waals surface area (Å²) in [5.74, 6) is -5.76. The number of rotatable bonds is 3. The molecule has 32 heavy (non-hydrogen) atoms. The van der Waals surface area contributed by atoms with E-state index < -0.39 is 53.4 Å². The van der Waals surface area contributed by atoms with Crippen LogP contribution in [0.5, 0.6) is 5.75 Å². The number of aliphatic hydroxyl groups excluding tert-OH is 1. The molecule has 1 aromatic heterocycles. The normalized spacial score (nSPS) is 29.2. The van der Waals surface area contributed by atoms with E-state index in [2.05, 4.69) is 10.3 Å². The number of aryl methyl sites for hydroxylation is 1. The Morgan fingerprint density at radius 2 is 2.00 bits per heavy atom. The molecule has 1 aliphatic heterocycles. The molecule has 2 fully saturated rings. The molecule has 1 saturated carbocycles. The number of hydrogen-bond acceptors (Lipinski definition) is 5. The molecule has 1 aromatic carbocycles. The lowest BCUT2D eigenvalue weighted by Crippen LogP contribution is -2.40. The van der Waals surface area contributed by atoms with Gasteiger partial charge in [-0.05, 0) is 25.3 Å². The number of allylic oxidation sites excluding steroid dienone is 1. The Hall–Kier alpha value is -2.59. The number of aliphatic hydroxyl groups is 1. The van der Waals surface area contributed by atoms with Gasteiger partial charge in [-0.3, -0.25) is 14.3 Å². The number of halogens is 3. The molecule has 5 rings (SSSR count). The van der Waals surface area contributed by atoms with Gasteiger partial charge >= 0.3 is 5.69 Å². The van der Waals surface area contributed by atoms with Crippen molar-refractivity contribution in [2.75, 3.05) is 13.7 Å². The lowest BCUT2D eigenvalue weighted by Gasteiger charge is -2.28. The summed E-state index contributed by atoms with van der Waals surface area (Å²) < 4.78 is 51.1. The predicted molar refractivity (Wildman–Crippen MR) is 111 cm³/mol. The zero-order valence-corrected chi connectivity index (χ0v) is 17.6. The van der Waals surface area contributed by atoms with Crippen LogP contribution in [0.15, 0.2) is 21.7 Å². The highest BCUT2D eigenvalue weighted by atomic mass is 19.3. The van der Waals surface area contributed by atoms with Crippen LogP contribution in [0.2, 0.25) is 0 Å². The van der Waals surface area contributed by atoms with Crippen LogP contribution in [-0.2, 0) is 0 Å². The van der Waals surface area contributed by atoms with Crippen molar-refractivity contribution in [2.45, 2.75) is 50.3 Å². The van der Waals surface area contributed by atoms with Gasteiger partial charge in [0.05, 0.1) is 12.6 Å². The Balaban J connectivity index is 1.76. The molecule has 1 saturated heterocycles. The smallest absolute Gasteiger partial charge is 0.329 e. The second-order valence-corrected chi connectivity index (χ2v) is 8.94. The van der Waals surface area contributed by atoms with Crippen LogP contribution < -0.4 is 21.3 Å². The highest BCUT2D eigenvalue weighted by Crippen LogP contribution is 2.47. The van der Waals surface area contributed by atoms with Crippen molar-refractivity contribution < 1.29 is 23.0 Å². The number of nitrogens with one attached hydrogen (secondary N) is 2. The number of ether oxygens (including phenoxy) is 1. The fourth-order valence-corrected chi connectivity index (χ4v) is 5.36. The molecule has 2 aliphatic carbocycles. The molecule has 2 aromatic rings. The Labute approximate surface area is 180 Å². The molecule has 3 N–H and O–H groups in total. The number of fused-ring (bicyclic) bond motifs is 2. The number of H-pyrrole nitrogens is 1. The average molecular weight is 451 g/mol. The van der Waals surface area contributed by atoms with Crippen molar-refractivity contribution in [1.29, 1.82) is 0 Å². The minimum atomic E-state index is -3.28. The molecular formula is C22H24F3N3O4. The van der Waals surface area contributed by atoms with Crippen LogP contribution in [0, 0.1) is 24.6 Å². The maximum Gasteiger partial charge on any atom is 0.329 e. The topological polar surface area (TPSA) is 96.3 Å². The van der Waals surface area contributed by atoms with Crippen LogP contribution in [-0.4, -0.2) is 40.3 Å². The molecule has 0 bridgehead atoms. The van der Waals surface area contributed by atoms with E-state index in [4.69, 9.17) is 4.74 Å². The fraction of sp³-hybridized carbons (Fsp3) is 0.545. The van der Waals surface area contributed by atoms with Crippen LogP contribution in [0.3, 0.4) is 0 Å². The quantitative estimate of drug-likeness (QED) is 0.623. The number of aromatic amines is 1. The van der Waals surface area contributed by atoms with Crippen molar-refractivity contribution in [3.63, 3.8) is 0 Å². The van der Waals surface area contributed by atoms with E-state index in [1.54, 1.807) is 13.0 Å². The van der Waals surface area contributed by atoms with E-state index in [1.807, 2.05) is 0 Å². The van der Waals surface area contributed by atoms with Crippen LogP contribution in [0.4, 0.5) is 13.2 Å². The third kappa shape index (κ3) is 2.96. The van der Waals surface area contributed by atoms with E-state index >= 15 is 4.39 Å². The molecule has 7 nitrogen and oxygen atoms in total. The van der Waals surface area contributed by atoms with Gasteiger partial charge in [-0.1, -0.05) is 12.2 Å². The third-order valence-electron chi connectivity index (χ3n) is 7.03. The Bertz CT molecular complexity index is 1250. The Kier molecular flexibility index (Phi) is 4.79. The number of nitrogens with zero attached hydrogens (tertiary/aromatic N) is 1. The van der Waals surface area contributed by atoms with Crippen molar-refractivity contribution in [3.05, 3.63) is 49.9 Å². The van der Waals surface area contributed by atoms with Crippen LogP contribution in [0.1, 0.15) is 42.5 Å². The second kappa shape index (κ2) is 7.21. The summed E-state index contributed by atoms with van der Waals surface area (Å²) in [6.45, 7) is 1.69. The summed E-state index contributed by atoms with van der Waals surface area (Å²) in [6, 6.07) is -0.841. The first-order valence-corrected chi connectivity index (χ1v) is 10.7. The first-order chi connectivity index (χ1) is 15.2. The molecule has 0 spiro atoms. The standard InChI is InChI=1S/C22H24F3N3O4/c1-9-13(16-11-4-3-7-22(24,25)19(29)12(11)8-26-16)15(23)18(32-2)14-17(9)28(10-5-6-10)21(31)27-20(14)30/h3-4,10-12,16,19,26,29H,5-8H2,1-2H3,(H,27,30,31). The van der Waals surface area contributed by atoms with Crippen molar-refractivity contribution in [3.8, 4) is 5.75 Å². The zero-order chi connectivity index (χ0) is 22.9. The summed E-state index contributed by atoms with van der Waals surface area (Å²) in [7, 11) is 1.24. The van der Waals surface area contributed by atoms with Gasteiger partial charge in [0.2, 0.25) is 0 Å². The van der Waals surface area contributed by atoms with Gasteiger partial charge in [0, 0.05) is 42.4 Å². The average Bonchev–Trinajstić information content (AvgIpc) is 3.50. The van der Waals surface area contributed by atoms with E-state index in [9.17, 15) is 23.5 Å². The fourth-order valence-electron chi connectivity index (χ4n) is 5.36. The van der Waals surface area contributed by atoms with Crippen LogP contribution in [0.25, 0.3) is 10.9 Å². The van der Waals surface area contributed by atoms with E-state index in [-0.39, 0.29) is 29.3 Å². The molecule has 0 amide bonds. The minimum absolute atomic E-state index is 0.0460. The Morgan fingerprint density at radius 3 is 2.66 bits per heavy atom. The summed E-state index contributed by atoms with van der Waals surface area (Å²) in [6.07, 6.45) is 1.97. The molecule has 172 valence electrons. The van der Waals surface area contributed by atoms with Crippen molar-refractivity contribution in [1.82, 2.24) is 14.9 Å². The number of benzene rings is 1. The van der Waals surface area contributed by atoms with Crippen molar-refractivity contribution in [2.24, 2.45) is 11.8 Å². The van der Waals surface area contributed by atoms with E-state index in [0.717, 1.165) is 12.8 Å². The highest BCUT2D eigenvalue weighted by molar-refractivity contribution is 5.89. The molecule has 10 heteroatoms. The van der Waals surface area contributed by atoms with Gasteiger partial charge in [0.1, 0.15) is 11.5 Å². The maximum absolute atomic E-state index is 15.8. The van der Waals surface area contributed by atoms with Crippen molar-refractivity contribution >= 4 is 10.9 Å². The molecule has 4 atom stereocenters. The van der Waals surface area contributed by atoms with Gasteiger partial charge in [0.15, 0.2) is 11.6 Å².